The molecule has 35 heavy (non-hydrogen) atoms. The van der Waals surface area contributed by atoms with Crippen molar-refractivity contribution in [2.75, 3.05) is 19.6 Å². The Balaban J connectivity index is 1.90. The van der Waals surface area contributed by atoms with E-state index in [0.29, 0.717) is 13.1 Å². The summed E-state index contributed by atoms with van der Waals surface area (Å²) in [5, 5.41) is 9.27. The number of unbranched alkanes of at least 4 members (excludes halogenated alkanes) is 17. The van der Waals surface area contributed by atoms with Crippen molar-refractivity contribution in [1.82, 2.24) is 0 Å². The van der Waals surface area contributed by atoms with Crippen LogP contribution in [-0.2, 0) is 4.79 Å². The number of hydrogen-bond acceptors (Lipinski definition) is 3. The smallest absolute Gasteiger partial charge is 0.360 e. The van der Waals surface area contributed by atoms with Gasteiger partial charge in [0.1, 0.15) is 12.7 Å². The van der Waals surface area contributed by atoms with Crippen molar-refractivity contribution in [3.63, 3.8) is 0 Å². The van der Waals surface area contributed by atoms with Crippen LogP contribution in [0.1, 0.15) is 135 Å². The van der Waals surface area contributed by atoms with Gasteiger partial charge in [-0.25, -0.2) is 14.3 Å². The van der Waals surface area contributed by atoms with Gasteiger partial charge in [-0.1, -0.05) is 122 Å². The maximum Gasteiger partial charge on any atom is 0.360 e. The molecule has 0 aromatic carbocycles. The molecule has 0 fully saturated rings. The highest BCUT2D eigenvalue weighted by molar-refractivity contribution is 5.81. The molecule has 0 aromatic heterocycles. The molecule has 1 rings (SSSR count). The van der Waals surface area contributed by atoms with Gasteiger partial charge in [0, 0.05) is 13.0 Å². The fourth-order valence-electron chi connectivity index (χ4n) is 5.07. The molecule has 0 radical (unpaired) electrons. The summed E-state index contributed by atoms with van der Waals surface area (Å²) in [6.07, 6.45) is 34.9. The second-order valence-electron chi connectivity index (χ2n) is 10.4. The van der Waals surface area contributed by atoms with Crippen LogP contribution in [0, 0.1) is 0 Å². The van der Waals surface area contributed by atoms with E-state index in [-0.39, 0.29) is 11.0 Å². The number of nitrogens with zero attached hydrogens (tertiary/aromatic N) is 2. The first-order chi connectivity index (χ1) is 17.1. The normalized spacial score (nSPS) is 17.5. The molecular formula is C30H56N3O2+. The van der Waals surface area contributed by atoms with E-state index < -0.39 is 5.97 Å². The second-order valence-corrected chi connectivity index (χ2v) is 10.4. The first kappa shape index (κ1) is 31.6. The van der Waals surface area contributed by atoms with Gasteiger partial charge in [-0.2, -0.15) is 0 Å². The topological polar surface area (TPSA) is 75.7 Å². The monoisotopic (exact) mass is 490 g/mol. The fraction of sp³-hybridized carbons (Fsp3) is 0.800. The van der Waals surface area contributed by atoms with E-state index in [1.165, 1.54) is 109 Å². The van der Waals surface area contributed by atoms with Gasteiger partial charge in [0.15, 0.2) is 6.54 Å². The maximum atomic E-state index is 11.3. The number of aliphatic imine (C=N–C) groups is 1. The van der Waals surface area contributed by atoms with Crippen LogP contribution in [0.3, 0.4) is 0 Å². The van der Waals surface area contributed by atoms with Crippen LogP contribution in [-0.4, -0.2) is 41.0 Å². The van der Waals surface area contributed by atoms with Gasteiger partial charge in [-0.05, 0) is 19.3 Å². The van der Waals surface area contributed by atoms with Gasteiger partial charge < -0.3 is 10.8 Å². The van der Waals surface area contributed by atoms with Crippen LogP contribution in [0.15, 0.2) is 29.5 Å². The van der Waals surface area contributed by atoms with Gasteiger partial charge >= 0.3 is 5.97 Å². The summed E-state index contributed by atoms with van der Waals surface area (Å²) in [5.74, 6) is 0.104. The van der Waals surface area contributed by atoms with Gasteiger partial charge in [-0.15, -0.1) is 0 Å². The maximum absolute atomic E-state index is 11.3. The first-order valence-electron chi connectivity index (χ1n) is 14.8. The van der Waals surface area contributed by atoms with E-state index in [1.54, 1.807) is 6.20 Å². The van der Waals surface area contributed by atoms with Crippen molar-refractivity contribution < 1.29 is 14.4 Å². The van der Waals surface area contributed by atoms with Crippen molar-refractivity contribution in [2.45, 2.75) is 135 Å². The molecule has 1 aliphatic rings. The molecule has 0 saturated heterocycles. The predicted molar refractivity (Wildman–Crippen MR) is 150 cm³/mol. The molecule has 0 bridgehead atoms. The number of rotatable bonds is 25. The van der Waals surface area contributed by atoms with Crippen LogP contribution in [0.25, 0.3) is 0 Å². The Bertz CT molecular complexity index is 615. The third-order valence-corrected chi connectivity index (χ3v) is 7.21. The van der Waals surface area contributed by atoms with Crippen LogP contribution in [0.5, 0.6) is 0 Å². The van der Waals surface area contributed by atoms with Gasteiger partial charge in [-0.3, -0.25) is 0 Å². The number of aliphatic carboxylic acids is 1. The predicted octanol–water partition coefficient (Wildman–Crippen LogP) is 8.11. The lowest BCUT2D eigenvalue weighted by molar-refractivity contribution is -0.778. The first-order valence-corrected chi connectivity index (χ1v) is 14.8. The molecular weight excluding hydrogens is 434 g/mol. The van der Waals surface area contributed by atoms with Crippen LogP contribution in [0.4, 0.5) is 0 Å². The highest BCUT2D eigenvalue weighted by Gasteiger charge is 2.36. The Morgan fingerprint density at radius 2 is 1.31 bits per heavy atom. The van der Waals surface area contributed by atoms with Gasteiger partial charge in [0.05, 0.1) is 6.20 Å². The molecule has 202 valence electrons. The largest absolute Gasteiger partial charge is 0.477 e. The third kappa shape index (κ3) is 16.0. The standard InChI is InChI=1S/C30H55N3O2/c1-2-3-4-5-6-7-8-9-10-11-12-13-14-15-16-17-18-19-20-21-22-23-29-32-25-27-33(29,26-24-31)28-30(34)35/h20-21,25,27H,2-19,22-24,26,28,31H2,1H3/p+1/b21-20+. The minimum atomic E-state index is -0.813. The van der Waals surface area contributed by atoms with Crippen LogP contribution in [0.2, 0.25) is 0 Å². The summed E-state index contributed by atoms with van der Waals surface area (Å²) in [7, 11) is 0. The second kappa shape index (κ2) is 21.8. The molecule has 0 aliphatic carbocycles. The number of quaternary nitrogens is 1. The minimum Gasteiger partial charge on any atom is -0.477 e. The Morgan fingerprint density at radius 3 is 1.80 bits per heavy atom. The molecule has 0 spiro atoms. The lowest BCUT2D eigenvalue weighted by Crippen LogP contribution is -2.52. The molecule has 0 aromatic rings. The van der Waals surface area contributed by atoms with E-state index in [4.69, 9.17) is 5.73 Å². The quantitative estimate of drug-likeness (QED) is 0.0771. The molecule has 1 heterocycles. The fourth-order valence-corrected chi connectivity index (χ4v) is 5.07. The van der Waals surface area contributed by atoms with E-state index in [1.807, 2.05) is 6.20 Å². The van der Waals surface area contributed by atoms with Crippen LogP contribution < -0.4 is 5.73 Å². The SMILES string of the molecule is CCCCCCCCCCCCCCCCCCC/C=C/CCC1=NC=C[N+]1(CCN)CC(=O)O. The zero-order valence-electron chi connectivity index (χ0n) is 22.9. The van der Waals surface area contributed by atoms with Crippen LogP contribution >= 0.6 is 0 Å². The van der Waals surface area contributed by atoms with Gasteiger partial charge in [0.25, 0.3) is 0 Å². The average molecular weight is 491 g/mol. The lowest BCUT2D eigenvalue weighted by Gasteiger charge is -2.30. The number of carboxylic acids is 1. The summed E-state index contributed by atoms with van der Waals surface area (Å²) in [6.45, 7) is 3.35. The molecule has 1 aliphatic heterocycles. The zero-order chi connectivity index (χ0) is 25.5. The number of allylic oxidation sites excluding steroid dienone is 2. The Morgan fingerprint density at radius 1 is 0.829 bits per heavy atom. The van der Waals surface area contributed by atoms with Crippen molar-refractivity contribution in [2.24, 2.45) is 10.7 Å². The van der Waals surface area contributed by atoms with E-state index in [0.717, 1.165) is 25.1 Å². The number of hydrogen-bond donors (Lipinski definition) is 2. The van der Waals surface area contributed by atoms with Crippen molar-refractivity contribution in [3.05, 3.63) is 24.6 Å². The number of carboxylic acid groups (broad SMARTS) is 1. The van der Waals surface area contributed by atoms with Crippen molar-refractivity contribution in [3.8, 4) is 0 Å². The zero-order valence-corrected chi connectivity index (χ0v) is 22.9. The van der Waals surface area contributed by atoms with E-state index >= 15 is 0 Å². The van der Waals surface area contributed by atoms with Gasteiger partial charge in [0.2, 0.25) is 5.84 Å². The molecule has 0 amide bonds. The van der Waals surface area contributed by atoms with Crippen molar-refractivity contribution in [1.29, 1.82) is 0 Å². The van der Waals surface area contributed by atoms with Crippen molar-refractivity contribution >= 4 is 11.8 Å². The molecule has 1 atom stereocenters. The summed E-state index contributed by atoms with van der Waals surface area (Å²) < 4.78 is 0.277. The highest BCUT2D eigenvalue weighted by atomic mass is 16.4. The lowest BCUT2D eigenvalue weighted by atomic mass is 10.0. The highest BCUT2D eigenvalue weighted by Crippen LogP contribution is 2.20. The van der Waals surface area contributed by atoms with E-state index in [9.17, 15) is 9.90 Å². The average Bonchev–Trinajstić information content (AvgIpc) is 3.21. The minimum absolute atomic E-state index is 0.0233. The Kier molecular flexibility index (Phi) is 19.7. The van der Waals surface area contributed by atoms with E-state index in [2.05, 4.69) is 24.1 Å². The molecule has 3 N–H and O–H groups in total. The molecule has 1 unspecified atom stereocenters. The summed E-state index contributed by atoms with van der Waals surface area (Å²) in [5.41, 5.74) is 5.73. The molecule has 0 saturated carbocycles. The molecule has 5 nitrogen and oxygen atoms in total. The molecule has 5 heteroatoms. The Hall–Kier alpha value is -1.46. The summed E-state index contributed by atoms with van der Waals surface area (Å²) in [4.78, 5) is 15.7. The Labute approximate surface area is 216 Å². The summed E-state index contributed by atoms with van der Waals surface area (Å²) >= 11 is 0. The number of amidine groups is 1. The number of carbonyl (C=O) groups is 1. The summed E-state index contributed by atoms with van der Waals surface area (Å²) in [6, 6.07) is 0. The number of nitrogens with two attached hydrogens (primary N) is 1. The third-order valence-electron chi connectivity index (χ3n) is 7.21.